The molecule has 0 aliphatic carbocycles. The molecule has 21 heavy (non-hydrogen) atoms. The van der Waals surface area contributed by atoms with Crippen LogP contribution in [0.2, 0.25) is 0 Å². The molecule has 0 atom stereocenters. The van der Waals surface area contributed by atoms with Crippen LogP contribution in [-0.2, 0) is 15.6 Å². The smallest absolute Gasteiger partial charge is 0.301 e. The number of para-hydroxylation sites is 1. The number of benzene rings is 1. The molecule has 0 saturated heterocycles. The van der Waals surface area contributed by atoms with Gasteiger partial charge in [0.05, 0.1) is 5.69 Å². The maximum absolute atomic E-state index is 12.4. The summed E-state index contributed by atoms with van der Waals surface area (Å²) in [5, 5.41) is 3.01. The highest BCUT2D eigenvalue weighted by Gasteiger charge is 2.22. The summed E-state index contributed by atoms with van der Waals surface area (Å²) < 4.78 is 28.8. The largest absolute Gasteiger partial charge is 0.320 e. The van der Waals surface area contributed by atoms with E-state index in [1.54, 1.807) is 13.1 Å². The maximum Gasteiger partial charge on any atom is 0.301 e. The predicted molar refractivity (Wildman–Crippen MR) is 88.9 cm³/mol. The first-order chi connectivity index (χ1) is 9.68. The highest BCUT2D eigenvalue weighted by Crippen LogP contribution is 2.30. The summed E-state index contributed by atoms with van der Waals surface area (Å²) in [5.41, 5.74) is 1.51. The van der Waals surface area contributed by atoms with Crippen molar-refractivity contribution >= 4 is 15.9 Å². The van der Waals surface area contributed by atoms with Crippen molar-refractivity contribution in [1.82, 2.24) is 9.62 Å². The zero-order chi connectivity index (χ0) is 16.1. The molecule has 2 N–H and O–H groups in total. The van der Waals surface area contributed by atoms with E-state index in [2.05, 4.69) is 30.8 Å². The summed E-state index contributed by atoms with van der Waals surface area (Å²) in [6.45, 7) is 7.47. The maximum atomic E-state index is 12.4. The van der Waals surface area contributed by atoms with E-state index in [1.807, 2.05) is 25.2 Å². The highest BCUT2D eigenvalue weighted by molar-refractivity contribution is 7.90. The van der Waals surface area contributed by atoms with Crippen LogP contribution in [0, 0.1) is 0 Å². The topological polar surface area (TPSA) is 61.4 Å². The molecule has 120 valence electrons. The third-order valence-corrected chi connectivity index (χ3v) is 4.77. The number of hydrogen-bond acceptors (Lipinski definition) is 3. The first kappa shape index (κ1) is 17.9. The predicted octanol–water partition coefficient (Wildman–Crippen LogP) is 2.18. The second-order valence-electron chi connectivity index (χ2n) is 6.18. The molecule has 0 saturated carbocycles. The minimum atomic E-state index is -3.52. The van der Waals surface area contributed by atoms with Crippen LogP contribution in [0.4, 0.5) is 5.69 Å². The molecule has 1 aromatic carbocycles. The van der Waals surface area contributed by atoms with Crippen LogP contribution in [0.1, 0.15) is 32.8 Å². The SMILES string of the molecule is CNCCCN(C)S(=O)(=O)Nc1ccccc1C(C)(C)C. The average Bonchev–Trinajstić information content (AvgIpc) is 2.37. The van der Waals surface area contributed by atoms with Gasteiger partial charge in [-0.3, -0.25) is 4.72 Å². The van der Waals surface area contributed by atoms with Crippen LogP contribution in [0.3, 0.4) is 0 Å². The van der Waals surface area contributed by atoms with Gasteiger partial charge < -0.3 is 5.32 Å². The highest BCUT2D eigenvalue weighted by atomic mass is 32.2. The molecule has 0 fully saturated rings. The van der Waals surface area contributed by atoms with E-state index >= 15 is 0 Å². The third kappa shape index (κ3) is 5.30. The Hall–Kier alpha value is -1.11. The quantitative estimate of drug-likeness (QED) is 0.759. The molecular weight excluding hydrogens is 286 g/mol. The number of nitrogens with one attached hydrogen (secondary N) is 2. The lowest BCUT2D eigenvalue weighted by molar-refractivity contribution is 0.462. The van der Waals surface area contributed by atoms with E-state index in [0.717, 1.165) is 18.5 Å². The van der Waals surface area contributed by atoms with Gasteiger partial charge in [0, 0.05) is 13.6 Å². The van der Waals surface area contributed by atoms with Crippen molar-refractivity contribution < 1.29 is 8.42 Å². The van der Waals surface area contributed by atoms with E-state index < -0.39 is 10.2 Å². The van der Waals surface area contributed by atoms with Crippen molar-refractivity contribution in [1.29, 1.82) is 0 Å². The fraction of sp³-hybridized carbons (Fsp3) is 0.600. The van der Waals surface area contributed by atoms with Gasteiger partial charge in [0.25, 0.3) is 0 Å². The zero-order valence-electron chi connectivity index (χ0n) is 13.6. The van der Waals surface area contributed by atoms with Crippen LogP contribution in [0.15, 0.2) is 24.3 Å². The summed E-state index contributed by atoms with van der Waals surface area (Å²) in [6, 6.07) is 7.53. The lowest BCUT2D eigenvalue weighted by atomic mass is 9.86. The van der Waals surface area contributed by atoms with E-state index in [-0.39, 0.29) is 5.41 Å². The number of rotatable bonds is 7. The minimum Gasteiger partial charge on any atom is -0.320 e. The lowest BCUT2D eigenvalue weighted by Gasteiger charge is -2.25. The number of hydrogen-bond donors (Lipinski definition) is 2. The van der Waals surface area contributed by atoms with Gasteiger partial charge in [0.15, 0.2) is 0 Å². The molecule has 0 radical (unpaired) electrons. The molecule has 0 aliphatic rings. The number of anilines is 1. The van der Waals surface area contributed by atoms with Gasteiger partial charge in [-0.05, 0) is 37.1 Å². The molecule has 1 rings (SSSR count). The van der Waals surface area contributed by atoms with Gasteiger partial charge in [-0.1, -0.05) is 39.0 Å². The van der Waals surface area contributed by atoms with Gasteiger partial charge in [0.1, 0.15) is 0 Å². The number of nitrogens with zero attached hydrogens (tertiary/aromatic N) is 1. The van der Waals surface area contributed by atoms with Crippen molar-refractivity contribution in [3.63, 3.8) is 0 Å². The monoisotopic (exact) mass is 313 g/mol. The molecule has 0 bridgehead atoms. The molecule has 6 heteroatoms. The molecular formula is C15H27N3O2S. The van der Waals surface area contributed by atoms with E-state index in [0.29, 0.717) is 12.2 Å². The van der Waals surface area contributed by atoms with Crippen molar-refractivity contribution in [3.05, 3.63) is 29.8 Å². The van der Waals surface area contributed by atoms with Crippen LogP contribution >= 0.6 is 0 Å². The normalized spacial score (nSPS) is 12.7. The lowest BCUT2D eigenvalue weighted by Crippen LogP contribution is -2.35. The van der Waals surface area contributed by atoms with Crippen molar-refractivity contribution in [3.8, 4) is 0 Å². The van der Waals surface area contributed by atoms with Gasteiger partial charge in [-0.2, -0.15) is 12.7 Å². The van der Waals surface area contributed by atoms with Gasteiger partial charge in [-0.25, -0.2) is 0 Å². The molecule has 0 aliphatic heterocycles. The Bertz CT molecular complexity index is 550. The van der Waals surface area contributed by atoms with Crippen LogP contribution in [0.5, 0.6) is 0 Å². The summed E-state index contributed by atoms with van der Waals surface area (Å²) in [5.74, 6) is 0. The van der Waals surface area contributed by atoms with Crippen molar-refractivity contribution in [2.24, 2.45) is 0 Å². The fourth-order valence-corrected chi connectivity index (χ4v) is 3.02. The van der Waals surface area contributed by atoms with Crippen molar-refractivity contribution in [2.45, 2.75) is 32.6 Å². The molecule has 0 spiro atoms. The molecule has 1 aromatic rings. The third-order valence-electron chi connectivity index (χ3n) is 3.28. The Morgan fingerprint density at radius 2 is 1.81 bits per heavy atom. The van der Waals surface area contributed by atoms with Crippen LogP contribution in [-0.4, -0.2) is 39.9 Å². The molecule has 0 unspecified atom stereocenters. The Labute approximate surface area is 128 Å². The second kappa shape index (κ2) is 7.24. The summed E-state index contributed by atoms with van der Waals surface area (Å²) in [7, 11) is -0.0726. The Morgan fingerprint density at radius 3 is 2.38 bits per heavy atom. The van der Waals surface area contributed by atoms with Crippen molar-refractivity contribution in [2.75, 3.05) is 31.9 Å². The summed E-state index contributed by atoms with van der Waals surface area (Å²) >= 11 is 0. The Balaban J connectivity index is 2.90. The minimum absolute atomic E-state index is 0.121. The molecule has 0 aromatic heterocycles. The van der Waals surface area contributed by atoms with E-state index in [4.69, 9.17) is 0 Å². The molecule has 0 heterocycles. The zero-order valence-corrected chi connectivity index (χ0v) is 14.4. The van der Waals surface area contributed by atoms with Gasteiger partial charge >= 0.3 is 10.2 Å². The second-order valence-corrected chi connectivity index (χ2v) is 7.96. The molecule has 5 nitrogen and oxygen atoms in total. The Kier molecular flexibility index (Phi) is 6.19. The first-order valence-electron chi connectivity index (χ1n) is 7.16. The first-order valence-corrected chi connectivity index (χ1v) is 8.60. The average molecular weight is 313 g/mol. The van der Waals surface area contributed by atoms with Gasteiger partial charge in [-0.15, -0.1) is 0 Å². The van der Waals surface area contributed by atoms with Gasteiger partial charge in [0.2, 0.25) is 0 Å². The van der Waals surface area contributed by atoms with E-state index in [9.17, 15) is 8.42 Å². The summed E-state index contributed by atoms with van der Waals surface area (Å²) in [4.78, 5) is 0. The van der Waals surface area contributed by atoms with Crippen LogP contribution in [0.25, 0.3) is 0 Å². The fourth-order valence-electron chi connectivity index (χ4n) is 2.04. The summed E-state index contributed by atoms with van der Waals surface area (Å²) in [6.07, 6.45) is 0.773. The van der Waals surface area contributed by atoms with Crippen LogP contribution < -0.4 is 10.0 Å². The molecule has 0 amide bonds. The van der Waals surface area contributed by atoms with E-state index in [1.165, 1.54) is 4.31 Å². The Morgan fingerprint density at radius 1 is 1.19 bits per heavy atom. The standard InChI is InChI=1S/C15H27N3O2S/c1-15(2,3)13-9-6-7-10-14(13)17-21(19,20)18(5)12-8-11-16-4/h6-7,9-10,16-17H,8,11-12H2,1-5H3.